The average Bonchev–Trinajstić information content (AvgIpc) is 3.01. The lowest BCUT2D eigenvalue weighted by Crippen LogP contribution is -2.29. The molecule has 1 amide bonds. The zero-order chi connectivity index (χ0) is 18.8. The Morgan fingerprint density at radius 2 is 1.74 bits per heavy atom. The molecule has 2 N–H and O–H groups in total. The molecule has 4 nitrogen and oxygen atoms in total. The van der Waals surface area contributed by atoms with Gasteiger partial charge in [0.1, 0.15) is 0 Å². The van der Waals surface area contributed by atoms with Gasteiger partial charge >= 0.3 is 0 Å². The highest BCUT2D eigenvalue weighted by molar-refractivity contribution is 6.07. The number of carbonyl (C=O) groups is 1. The van der Waals surface area contributed by atoms with Crippen LogP contribution in [0.3, 0.4) is 0 Å². The van der Waals surface area contributed by atoms with Gasteiger partial charge in [-0.1, -0.05) is 48.5 Å². The third kappa shape index (κ3) is 3.22. The number of benzene rings is 2. The largest absolute Gasteiger partial charge is 0.358 e. The summed E-state index contributed by atoms with van der Waals surface area (Å²) in [5.74, 6) is -0.112. The highest BCUT2D eigenvalue weighted by Crippen LogP contribution is 2.26. The van der Waals surface area contributed by atoms with Crippen molar-refractivity contribution < 1.29 is 4.79 Å². The fourth-order valence-electron chi connectivity index (χ4n) is 3.43. The Hall–Kier alpha value is -3.40. The second kappa shape index (κ2) is 7.08. The molecule has 134 valence electrons. The van der Waals surface area contributed by atoms with E-state index in [1.165, 1.54) is 5.56 Å². The molecule has 0 aliphatic carbocycles. The molecule has 0 bridgehead atoms. The number of H-pyrrole nitrogens is 1. The standard InChI is InChI=1S/C23H21N3O/c1-15-16(2)25-22-19(15)11-6-12-20(22)23(27)26-21(17-8-4-3-5-9-17)18-10-7-13-24-14-18/h3-14,21,25H,1-2H3,(H,26,27). The van der Waals surface area contributed by atoms with Gasteiger partial charge in [-0.15, -0.1) is 0 Å². The van der Waals surface area contributed by atoms with E-state index in [1.807, 2.05) is 67.6 Å². The van der Waals surface area contributed by atoms with Gasteiger partial charge in [-0.3, -0.25) is 9.78 Å². The van der Waals surface area contributed by atoms with E-state index in [4.69, 9.17) is 0 Å². The first-order valence-corrected chi connectivity index (χ1v) is 8.99. The summed E-state index contributed by atoms with van der Waals surface area (Å²) in [6.07, 6.45) is 3.53. The van der Waals surface area contributed by atoms with E-state index in [0.717, 1.165) is 27.7 Å². The summed E-state index contributed by atoms with van der Waals surface area (Å²) in [4.78, 5) is 20.8. The second-order valence-corrected chi connectivity index (χ2v) is 6.71. The summed E-state index contributed by atoms with van der Waals surface area (Å²) in [5, 5.41) is 4.27. The molecule has 0 aliphatic heterocycles. The summed E-state index contributed by atoms with van der Waals surface area (Å²) in [6, 6.07) is 19.4. The van der Waals surface area contributed by atoms with E-state index in [0.29, 0.717) is 5.56 Å². The maximum absolute atomic E-state index is 13.2. The number of nitrogens with zero attached hydrogens (tertiary/aromatic N) is 1. The van der Waals surface area contributed by atoms with E-state index >= 15 is 0 Å². The van der Waals surface area contributed by atoms with Crippen molar-refractivity contribution in [2.75, 3.05) is 0 Å². The second-order valence-electron chi connectivity index (χ2n) is 6.71. The Kier molecular flexibility index (Phi) is 4.47. The lowest BCUT2D eigenvalue weighted by Gasteiger charge is -2.20. The third-order valence-electron chi connectivity index (χ3n) is 5.01. The van der Waals surface area contributed by atoms with Crippen molar-refractivity contribution in [1.82, 2.24) is 15.3 Å². The van der Waals surface area contributed by atoms with Crippen LogP contribution in [-0.4, -0.2) is 15.9 Å². The number of rotatable bonds is 4. The van der Waals surface area contributed by atoms with Crippen LogP contribution in [0.25, 0.3) is 10.9 Å². The zero-order valence-electron chi connectivity index (χ0n) is 15.4. The minimum absolute atomic E-state index is 0.112. The van der Waals surface area contributed by atoms with E-state index in [-0.39, 0.29) is 11.9 Å². The van der Waals surface area contributed by atoms with Crippen LogP contribution in [0.15, 0.2) is 73.1 Å². The molecule has 0 fully saturated rings. The Bertz CT molecular complexity index is 1050. The van der Waals surface area contributed by atoms with Crippen LogP contribution in [0.2, 0.25) is 0 Å². The van der Waals surface area contributed by atoms with Gasteiger partial charge in [0.25, 0.3) is 5.91 Å². The summed E-state index contributed by atoms with van der Waals surface area (Å²) in [7, 11) is 0. The molecule has 4 heteroatoms. The molecule has 2 heterocycles. The van der Waals surface area contributed by atoms with Gasteiger partial charge in [0.05, 0.1) is 17.1 Å². The minimum Gasteiger partial charge on any atom is -0.358 e. The maximum atomic E-state index is 13.2. The first-order chi connectivity index (χ1) is 13.1. The molecule has 0 saturated carbocycles. The number of fused-ring (bicyclic) bond motifs is 1. The van der Waals surface area contributed by atoms with Crippen molar-refractivity contribution in [3.05, 3.63) is 101 Å². The normalized spacial score (nSPS) is 12.1. The van der Waals surface area contributed by atoms with Gasteiger partial charge in [-0.05, 0) is 42.7 Å². The summed E-state index contributed by atoms with van der Waals surface area (Å²) in [6.45, 7) is 4.09. The quantitative estimate of drug-likeness (QED) is 0.557. The van der Waals surface area contributed by atoms with Crippen LogP contribution in [0, 0.1) is 13.8 Å². The van der Waals surface area contributed by atoms with Crippen LogP contribution >= 0.6 is 0 Å². The summed E-state index contributed by atoms with van der Waals surface area (Å²) < 4.78 is 0. The van der Waals surface area contributed by atoms with Gasteiger partial charge in [-0.2, -0.15) is 0 Å². The number of aromatic nitrogens is 2. The van der Waals surface area contributed by atoms with Crippen molar-refractivity contribution in [3.8, 4) is 0 Å². The number of aryl methyl sites for hydroxylation is 2. The number of hydrogen-bond donors (Lipinski definition) is 2. The Morgan fingerprint density at radius 1 is 0.963 bits per heavy atom. The number of amides is 1. The van der Waals surface area contributed by atoms with Crippen molar-refractivity contribution in [1.29, 1.82) is 0 Å². The Labute approximate surface area is 158 Å². The predicted octanol–water partition coefficient (Wildman–Crippen LogP) is 4.70. The monoisotopic (exact) mass is 355 g/mol. The number of carbonyl (C=O) groups excluding carboxylic acids is 1. The molecular weight excluding hydrogens is 334 g/mol. The topological polar surface area (TPSA) is 57.8 Å². The highest BCUT2D eigenvalue weighted by Gasteiger charge is 2.20. The molecule has 4 aromatic rings. The molecule has 2 aromatic carbocycles. The zero-order valence-corrected chi connectivity index (χ0v) is 15.4. The van der Waals surface area contributed by atoms with Crippen molar-refractivity contribution in [2.24, 2.45) is 0 Å². The number of para-hydroxylation sites is 1. The molecule has 0 saturated heterocycles. The number of hydrogen-bond acceptors (Lipinski definition) is 2. The smallest absolute Gasteiger partial charge is 0.254 e. The number of nitrogens with one attached hydrogen (secondary N) is 2. The average molecular weight is 355 g/mol. The van der Waals surface area contributed by atoms with E-state index < -0.39 is 0 Å². The highest BCUT2D eigenvalue weighted by atomic mass is 16.1. The molecular formula is C23H21N3O. The molecule has 27 heavy (non-hydrogen) atoms. The molecule has 0 aliphatic rings. The summed E-state index contributed by atoms with van der Waals surface area (Å²) >= 11 is 0. The molecule has 0 radical (unpaired) electrons. The SMILES string of the molecule is Cc1[nH]c2c(C(=O)NC(c3ccccc3)c3cccnc3)cccc2c1C. The van der Waals surface area contributed by atoms with Gasteiger partial charge in [0.15, 0.2) is 0 Å². The molecule has 2 aromatic heterocycles. The fourth-order valence-corrected chi connectivity index (χ4v) is 3.43. The summed E-state index contributed by atoms with van der Waals surface area (Å²) in [5.41, 5.74) is 5.74. The van der Waals surface area contributed by atoms with Gasteiger partial charge in [0, 0.05) is 23.5 Å². The van der Waals surface area contributed by atoms with E-state index in [2.05, 4.69) is 22.2 Å². The molecule has 4 rings (SSSR count). The fraction of sp³-hybridized carbons (Fsp3) is 0.130. The number of aromatic amines is 1. The van der Waals surface area contributed by atoms with Crippen LogP contribution < -0.4 is 5.32 Å². The van der Waals surface area contributed by atoms with Crippen LogP contribution in [0.4, 0.5) is 0 Å². The van der Waals surface area contributed by atoms with Crippen LogP contribution in [0.1, 0.15) is 38.8 Å². The first-order valence-electron chi connectivity index (χ1n) is 8.99. The molecule has 1 unspecified atom stereocenters. The van der Waals surface area contributed by atoms with Gasteiger partial charge < -0.3 is 10.3 Å². The molecule has 0 spiro atoms. The van der Waals surface area contributed by atoms with Crippen molar-refractivity contribution >= 4 is 16.8 Å². The Balaban J connectivity index is 1.74. The lowest BCUT2D eigenvalue weighted by atomic mass is 9.99. The van der Waals surface area contributed by atoms with Crippen molar-refractivity contribution in [3.63, 3.8) is 0 Å². The van der Waals surface area contributed by atoms with Crippen LogP contribution in [0.5, 0.6) is 0 Å². The number of pyridine rings is 1. The van der Waals surface area contributed by atoms with Crippen LogP contribution in [-0.2, 0) is 0 Å². The first kappa shape index (κ1) is 17.0. The van der Waals surface area contributed by atoms with Gasteiger partial charge in [-0.25, -0.2) is 0 Å². The van der Waals surface area contributed by atoms with Gasteiger partial charge in [0.2, 0.25) is 0 Å². The van der Waals surface area contributed by atoms with E-state index in [9.17, 15) is 4.79 Å². The van der Waals surface area contributed by atoms with Crippen molar-refractivity contribution in [2.45, 2.75) is 19.9 Å². The Morgan fingerprint density at radius 3 is 2.48 bits per heavy atom. The third-order valence-corrected chi connectivity index (χ3v) is 5.01. The molecule has 1 atom stereocenters. The van der Waals surface area contributed by atoms with E-state index in [1.54, 1.807) is 12.4 Å². The lowest BCUT2D eigenvalue weighted by molar-refractivity contribution is 0.0944. The predicted molar refractivity (Wildman–Crippen MR) is 108 cm³/mol. The maximum Gasteiger partial charge on any atom is 0.254 e. The minimum atomic E-state index is -0.264.